The van der Waals surface area contributed by atoms with E-state index in [1.807, 2.05) is 6.07 Å². The number of nitrogens with zero attached hydrogens (tertiary/aromatic N) is 2. The van der Waals surface area contributed by atoms with Gasteiger partial charge in [0, 0.05) is 5.18 Å². The van der Waals surface area contributed by atoms with E-state index >= 15 is 0 Å². The first-order chi connectivity index (χ1) is 4.63. The maximum absolute atomic E-state index is 10.5. The lowest BCUT2D eigenvalue weighted by Crippen LogP contribution is -2.14. The van der Waals surface area contributed by atoms with Crippen molar-refractivity contribution in [2.45, 2.75) is 13.8 Å². The van der Waals surface area contributed by atoms with Gasteiger partial charge in [-0.25, -0.2) is 0 Å². The van der Waals surface area contributed by atoms with E-state index in [0.29, 0.717) is 0 Å². The Kier molecular flexibility index (Phi) is 3.26. The number of rotatable bonds is 2. The first kappa shape index (κ1) is 8.76. The zero-order valence-corrected chi connectivity index (χ0v) is 5.87. The van der Waals surface area contributed by atoms with Crippen LogP contribution in [0.1, 0.15) is 13.8 Å². The molecule has 4 heteroatoms. The zero-order valence-electron chi connectivity index (χ0n) is 5.87. The van der Waals surface area contributed by atoms with E-state index in [9.17, 15) is 9.70 Å². The van der Waals surface area contributed by atoms with Gasteiger partial charge in [0.1, 0.15) is 0 Å². The number of carbonyl (C=O) groups excluding carboxylic acids is 1. The summed E-state index contributed by atoms with van der Waals surface area (Å²) in [6.07, 6.45) is 0. The molecule has 0 aliphatic carbocycles. The molecule has 4 nitrogen and oxygen atoms in total. The number of hydrogen-bond donors (Lipinski definition) is 0. The minimum atomic E-state index is -0.756. The van der Waals surface area contributed by atoms with Gasteiger partial charge in [-0.05, 0) is 6.92 Å². The van der Waals surface area contributed by atoms with Gasteiger partial charge in [0.05, 0.1) is 17.9 Å². The first-order valence-electron chi connectivity index (χ1n) is 2.90. The Hall–Kier alpha value is -1.24. The summed E-state index contributed by atoms with van der Waals surface area (Å²) in [4.78, 5) is 20.1. The maximum atomic E-state index is 10.5. The van der Waals surface area contributed by atoms with E-state index in [4.69, 9.17) is 5.26 Å². The van der Waals surface area contributed by atoms with E-state index in [2.05, 4.69) is 5.18 Å². The van der Waals surface area contributed by atoms with Gasteiger partial charge in [-0.2, -0.15) is 5.26 Å². The van der Waals surface area contributed by atoms with Crippen LogP contribution in [0, 0.1) is 28.1 Å². The van der Waals surface area contributed by atoms with Crippen molar-refractivity contribution in [3.8, 4) is 6.07 Å². The predicted molar refractivity (Wildman–Crippen MR) is 34.7 cm³/mol. The Balaban J connectivity index is 4.09. The van der Waals surface area contributed by atoms with Crippen LogP contribution in [0.25, 0.3) is 0 Å². The Morgan fingerprint density at radius 2 is 2.10 bits per heavy atom. The molecule has 0 spiro atoms. The highest BCUT2D eigenvalue weighted by atomic mass is 16.3. The summed E-state index contributed by atoms with van der Waals surface area (Å²) in [7, 11) is 0. The lowest BCUT2D eigenvalue weighted by atomic mass is 9.97. The smallest absolute Gasteiger partial charge is 0.269 e. The van der Waals surface area contributed by atoms with Gasteiger partial charge in [0.15, 0.2) is 0 Å². The molecule has 0 bridgehead atoms. The monoisotopic (exact) mass is 140 g/mol. The quantitative estimate of drug-likeness (QED) is 0.538. The highest BCUT2D eigenvalue weighted by Crippen LogP contribution is 2.10. The fraction of sp³-hybridized carbons (Fsp3) is 0.667. The van der Waals surface area contributed by atoms with Gasteiger partial charge in [-0.1, -0.05) is 6.92 Å². The Morgan fingerprint density at radius 3 is 2.40 bits per heavy atom. The third kappa shape index (κ3) is 1.94. The van der Waals surface area contributed by atoms with Crippen LogP contribution in [0.5, 0.6) is 0 Å². The van der Waals surface area contributed by atoms with Gasteiger partial charge in [0.2, 0.25) is 0 Å². The molecule has 0 radical (unpaired) electrons. The van der Waals surface area contributed by atoms with Gasteiger partial charge in [-0.3, -0.25) is 4.79 Å². The molecule has 0 aromatic carbocycles. The Bertz CT molecular complexity index is 183. The third-order valence-corrected chi connectivity index (χ3v) is 1.43. The van der Waals surface area contributed by atoms with Crippen molar-refractivity contribution in [3.05, 3.63) is 4.91 Å². The molecule has 0 aromatic rings. The van der Waals surface area contributed by atoms with Crippen LogP contribution in [0.4, 0.5) is 0 Å². The molecule has 2 atom stereocenters. The van der Waals surface area contributed by atoms with Crippen molar-refractivity contribution < 1.29 is 4.79 Å². The van der Waals surface area contributed by atoms with Crippen LogP contribution in [-0.4, -0.2) is 5.91 Å². The largest absolute Gasteiger partial charge is 0.290 e. The van der Waals surface area contributed by atoms with E-state index in [-0.39, 0.29) is 0 Å². The van der Waals surface area contributed by atoms with Crippen molar-refractivity contribution in [3.63, 3.8) is 0 Å². The average molecular weight is 140 g/mol. The van der Waals surface area contributed by atoms with Crippen LogP contribution in [0.2, 0.25) is 0 Å². The molecule has 0 heterocycles. The minimum Gasteiger partial charge on any atom is -0.269 e. The number of nitriles is 1. The number of carbonyl (C=O) groups is 1. The van der Waals surface area contributed by atoms with Crippen LogP contribution in [-0.2, 0) is 4.79 Å². The summed E-state index contributed by atoms with van der Waals surface area (Å²) < 4.78 is 0. The Morgan fingerprint density at radius 1 is 1.60 bits per heavy atom. The van der Waals surface area contributed by atoms with E-state index in [0.717, 1.165) is 0 Å². The van der Waals surface area contributed by atoms with E-state index < -0.39 is 17.7 Å². The zero-order chi connectivity index (χ0) is 8.15. The van der Waals surface area contributed by atoms with E-state index in [1.165, 1.54) is 6.92 Å². The van der Waals surface area contributed by atoms with Crippen LogP contribution < -0.4 is 0 Å². The molecule has 1 amide bonds. The highest BCUT2D eigenvalue weighted by molar-refractivity contribution is 5.79. The fourth-order valence-corrected chi connectivity index (χ4v) is 0.409. The molecule has 2 unspecified atom stereocenters. The summed E-state index contributed by atoms with van der Waals surface area (Å²) in [6.45, 7) is 3.09. The van der Waals surface area contributed by atoms with Crippen molar-refractivity contribution in [1.29, 1.82) is 5.26 Å². The number of hydrogen-bond acceptors (Lipinski definition) is 3. The van der Waals surface area contributed by atoms with Gasteiger partial charge >= 0.3 is 0 Å². The molecule has 0 N–H and O–H groups in total. The maximum Gasteiger partial charge on any atom is 0.290 e. The first-order valence-corrected chi connectivity index (χ1v) is 2.90. The highest BCUT2D eigenvalue weighted by Gasteiger charge is 2.19. The Labute approximate surface area is 58.8 Å². The second-order valence-electron chi connectivity index (χ2n) is 2.14. The predicted octanol–water partition coefficient (Wildman–Crippen LogP) is 1.08. The normalized spacial score (nSPS) is 14.9. The fourth-order valence-electron chi connectivity index (χ4n) is 0.409. The van der Waals surface area contributed by atoms with Gasteiger partial charge in [0.25, 0.3) is 5.91 Å². The average Bonchev–Trinajstić information content (AvgIpc) is 2.00. The molecular weight excluding hydrogens is 132 g/mol. The second kappa shape index (κ2) is 3.72. The molecule has 0 saturated carbocycles. The topological polar surface area (TPSA) is 70.3 Å². The molecular formula is C6H8N2O2. The van der Waals surface area contributed by atoms with Crippen molar-refractivity contribution in [2.24, 2.45) is 17.0 Å². The van der Waals surface area contributed by atoms with Crippen molar-refractivity contribution >= 4 is 5.91 Å². The summed E-state index contributed by atoms with van der Waals surface area (Å²) >= 11 is 0. The number of amides is 1. The van der Waals surface area contributed by atoms with Crippen molar-refractivity contribution in [2.75, 3.05) is 0 Å². The molecule has 0 fully saturated rings. The molecule has 0 aliphatic rings. The molecule has 0 aliphatic heterocycles. The molecule has 54 valence electrons. The summed E-state index contributed by atoms with van der Waals surface area (Å²) in [5.41, 5.74) is 0. The lowest BCUT2D eigenvalue weighted by molar-refractivity contribution is -0.122. The van der Waals surface area contributed by atoms with Crippen molar-refractivity contribution in [1.82, 2.24) is 0 Å². The van der Waals surface area contributed by atoms with E-state index in [1.54, 1.807) is 6.92 Å². The standard InChI is InChI=1S/C6H8N2O2/c1-4(3-7)5(2)6(9)8-10/h4-5H,1-2H3. The second-order valence-corrected chi connectivity index (χ2v) is 2.14. The van der Waals surface area contributed by atoms with Crippen LogP contribution >= 0.6 is 0 Å². The van der Waals surface area contributed by atoms with Crippen LogP contribution in [0.15, 0.2) is 5.18 Å². The molecule has 0 rings (SSSR count). The third-order valence-electron chi connectivity index (χ3n) is 1.43. The SMILES string of the molecule is CC(C#N)C(C)C(=O)N=O. The van der Waals surface area contributed by atoms with Gasteiger partial charge < -0.3 is 0 Å². The molecule has 0 saturated heterocycles. The minimum absolute atomic E-state index is 0.440. The number of nitroso groups, excluding NO2 is 1. The summed E-state index contributed by atoms with van der Waals surface area (Å²) in [5.74, 6) is -1.78. The molecule has 10 heavy (non-hydrogen) atoms. The summed E-state index contributed by atoms with van der Waals surface area (Å²) in [5, 5.41) is 10.5. The lowest BCUT2D eigenvalue weighted by Gasteiger charge is -2.04. The van der Waals surface area contributed by atoms with Gasteiger partial charge in [-0.15, -0.1) is 4.91 Å². The summed E-state index contributed by atoms with van der Waals surface area (Å²) in [6, 6.07) is 1.86. The van der Waals surface area contributed by atoms with Crippen LogP contribution in [0.3, 0.4) is 0 Å². The molecule has 0 aromatic heterocycles.